The van der Waals surface area contributed by atoms with Gasteiger partial charge in [0.1, 0.15) is 0 Å². The van der Waals surface area contributed by atoms with Crippen molar-refractivity contribution in [1.29, 1.82) is 1.34 Å². The van der Waals surface area contributed by atoms with Crippen molar-refractivity contribution in [3.05, 3.63) is 72.8 Å². The molecular weight excluding hydrogens is 2000 g/mol. The predicted octanol–water partition coefficient (Wildman–Crippen LogP) is 18.4. The summed E-state index contributed by atoms with van der Waals surface area (Å²) in [5.74, 6) is 9.68. The Bertz CT molecular complexity index is 4720. The van der Waals surface area contributed by atoms with Crippen molar-refractivity contribution in [2.45, 2.75) is 347 Å². The molecule has 764 valence electrons. The van der Waals surface area contributed by atoms with Crippen molar-refractivity contribution in [2.24, 2.45) is 173 Å². The van der Waals surface area contributed by atoms with Crippen LogP contribution in [0.2, 0.25) is 0 Å². The molecule has 3 saturated heterocycles. The maximum atomic E-state index is 13.0. The molecule has 11 N–H and O–H groups in total. The number of carbonyl (C=O) groups is 2. The number of aliphatic hydroxyl groups is 5. The zero-order valence-electron chi connectivity index (χ0n) is 86.3. The summed E-state index contributed by atoms with van der Waals surface area (Å²) in [4.78, 5) is 47.5. The Balaban J connectivity index is 0.000000162. The van der Waals surface area contributed by atoms with Gasteiger partial charge in [0.05, 0.1) is 51.8 Å². The summed E-state index contributed by atoms with van der Waals surface area (Å²) in [6, 6.07) is 19.1. The smallest absolute Gasteiger partial charge is 0.328 e. The predicted molar refractivity (Wildman–Crippen MR) is 542 cm³/mol. The number of piperidine rings is 3. The first-order valence-corrected chi connectivity index (χ1v) is 58.3. The molecule has 15 fully saturated rings. The Hall–Kier alpha value is -4.29. The molecule has 3 aromatic rings. The van der Waals surface area contributed by atoms with Crippen molar-refractivity contribution in [3.8, 4) is 0 Å². The van der Waals surface area contributed by atoms with E-state index in [1.165, 1.54) is 77.0 Å². The molecule has 23 nitrogen and oxygen atoms in total. The molecule has 15 aliphatic rings. The maximum absolute atomic E-state index is 13.0. The molecule has 3 heterocycles. The Labute approximate surface area is 851 Å². The molecule has 137 heavy (non-hydrogen) atoms. The molecular formula is C109H174BN9O14S3U. The van der Waals surface area contributed by atoms with Crippen LogP contribution in [-0.2, 0) is 34.9 Å². The van der Waals surface area contributed by atoms with Crippen LogP contribution in [0.25, 0.3) is 0 Å². The van der Waals surface area contributed by atoms with E-state index in [0.29, 0.717) is 119 Å². The second kappa shape index (κ2) is 45.0. The van der Waals surface area contributed by atoms with Crippen LogP contribution in [0.4, 0.5) is 26.7 Å². The number of fused-ring (bicyclic) bond motifs is 15. The van der Waals surface area contributed by atoms with Crippen LogP contribution in [0.5, 0.6) is 0 Å². The monoisotopic (exact) mass is 2180 g/mol. The average molecular weight is 2180 g/mol. The summed E-state index contributed by atoms with van der Waals surface area (Å²) in [6.07, 6.45) is 37.7. The minimum atomic E-state index is -3.98. The molecule has 0 bridgehead atoms. The van der Waals surface area contributed by atoms with Gasteiger partial charge in [0.15, 0.2) is 0 Å². The molecule has 12 aliphatic carbocycles. The summed E-state index contributed by atoms with van der Waals surface area (Å²) in [6.45, 7) is 38.2. The van der Waals surface area contributed by atoms with Crippen molar-refractivity contribution in [3.63, 3.8) is 0 Å². The fraction of sp³-hybridized carbons (Fsp3) is 0.807. The molecule has 12 saturated carbocycles. The van der Waals surface area contributed by atoms with E-state index in [4.69, 9.17) is 6.47 Å². The second-order valence-corrected chi connectivity index (χ2v) is 52.9. The number of hydrogen-bond donors (Lipinski definition) is 10. The molecule has 3 aromatic carbocycles. The molecule has 3 aliphatic heterocycles. The van der Waals surface area contributed by atoms with E-state index in [1.807, 2.05) is 36.4 Å². The Morgan fingerprint density at radius 3 is 1.01 bits per heavy atom. The minimum Gasteiger partial charge on any atom is -0.393 e. The summed E-state index contributed by atoms with van der Waals surface area (Å²) >= 11 is 0. The normalized spacial score (nSPS) is 39.8. The number of nitrogens with zero attached hydrogens (tertiary/aromatic N) is 4. The summed E-state index contributed by atoms with van der Waals surface area (Å²) in [5, 5.41) is 67.6. The quantitative estimate of drug-likeness (QED) is 0.0285. The number of carbonyl (C=O) groups excluding carboxylic acids is 3. The van der Waals surface area contributed by atoms with Crippen molar-refractivity contribution in [1.82, 2.24) is 20.1 Å². The fourth-order valence-electron chi connectivity index (χ4n) is 34.5. The number of isocyanates is 1. The first kappa shape index (κ1) is 108. The summed E-state index contributed by atoms with van der Waals surface area (Å²) < 4.78 is 83.9. The van der Waals surface area contributed by atoms with E-state index in [1.54, 1.807) is 42.5 Å². The van der Waals surface area contributed by atoms with E-state index in [2.05, 4.69) is 138 Å². The zero-order chi connectivity index (χ0) is 98.9. The number of urea groups is 2. The second-order valence-electron chi connectivity index (χ2n) is 48.0. The third-order valence-electron chi connectivity index (χ3n) is 41.4. The van der Waals surface area contributed by atoms with E-state index in [0.717, 1.165) is 197 Å². The Morgan fingerprint density at radius 1 is 0.423 bits per heavy atom. The van der Waals surface area contributed by atoms with E-state index < -0.39 is 42.1 Å². The van der Waals surface area contributed by atoms with Gasteiger partial charge in [-0.15, -0.1) is 0 Å². The summed E-state index contributed by atoms with van der Waals surface area (Å²) in [5.41, 5.74) is 4.33. The number of nitrogens with one attached hydrogen (secondary N) is 4. The van der Waals surface area contributed by atoms with Gasteiger partial charge < -0.3 is 50.9 Å². The molecule has 0 unspecified atom stereocenters. The number of benzene rings is 3. The third-order valence-corrected chi connectivity index (χ3v) is 45.1. The van der Waals surface area contributed by atoms with Crippen LogP contribution in [0.15, 0.2) is 92.5 Å². The number of anilines is 3. The number of hydrogen-bond acceptors (Lipinski definition) is 18. The number of nitrogens with two attached hydrogens (primary N) is 1. The van der Waals surface area contributed by atoms with E-state index in [9.17, 15) is 65.2 Å². The number of amides is 4. The van der Waals surface area contributed by atoms with Crippen LogP contribution in [0, 0.1) is 194 Å². The molecule has 2 radical (unpaired) electrons. The topological polar surface area (TPSA) is 351 Å². The Kier molecular flexibility index (Phi) is 35.6. The maximum Gasteiger partial charge on any atom is 0.328 e. The molecule has 0 spiro atoms. The number of primary sulfonamides is 1. The van der Waals surface area contributed by atoms with Crippen LogP contribution in [-0.4, -0.2) is 168 Å². The third kappa shape index (κ3) is 22.1. The van der Waals surface area contributed by atoms with Gasteiger partial charge in [0, 0.05) is 109 Å². The first-order chi connectivity index (χ1) is 65.1. The molecule has 4 amide bonds. The van der Waals surface area contributed by atoms with Crippen molar-refractivity contribution >= 4 is 73.7 Å². The van der Waals surface area contributed by atoms with E-state index >= 15 is 0 Å². The molecule has 33 atom stereocenters. The van der Waals surface area contributed by atoms with Crippen LogP contribution in [0.3, 0.4) is 0 Å². The number of aliphatic imine (C=N–C) groups is 1. The van der Waals surface area contributed by atoms with Crippen molar-refractivity contribution in [2.75, 3.05) is 73.6 Å². The van der Waals surface area contributed by atoms with Crippen LogP contribution < -0.4 is 39.9 Å². The van der Waals surface area contributed by atoms with Gasteiger partial charge in [-0.2, -0.15) is 0 Å². The van der Waals surface area contributed by atoms with Gasteiger partial charge in [0.2, 0.25) is 16.1 Å². The zero-order valence-corrected chi connectivity index (χ0v) is 91.9. The SMILES string of the molecule is CC[C@H]1[C@@H](O)[C@@H]2[C@H](CC[C@]3(C)[C@@H]([C@H](C)CN=C=O)CC[C@@H]23)[C@@]2(C)CC[C@@H](C)C[C@@H]12.CC[C@H]1[C@@H](O)[C@@H]2[C@H](CC[C@]3(C)[C@@H]([C@H](C)CNC(=O)NS(=O)(=O)c4ccc(N5CCCCC5)cc4)CC[C@@H]23)[C@@]2(C)CC[C@@H](O)C[C@@H]12.CC[C@H]1[C@@H](O)[C@@H]2[C@H](CC[C@]3(C)[C@@H]([C@H](C)CNC(=O)NS(=O)(=O)c4ccc(N5CCCCC5)cc4)CC[C@@H]23)[C@@]2(C)CC[C@@H](O)C[C@@H]12.NS(=O)(=O)c1ccc(N2CCCCC2)cc1.[2H][B].[U]. The Morgan fingerprint density at radius 2 is 0.708 bits per heavy atom. The largest absolute Gasteiger partial charge is 0.393 e. The fourth-order valence-corrected chi connectivity index (χ4v) is 36.9. The van der Waals surface area contributed by atoms with Gasteiger partial charge in [0.25, 0.3) is 20.0 Å². The number of aliphatic hydroxyl groups excluding tert-OH is 5. The van der Waals surface area contributed by atoms with Gasteiger partial charge in [-0.25, -0.2) is 59.2 Å². The van der Waals surface area contributed by atoms with Gasteiger partial charge >= 0.3 is 12.1 Å². The summed E-state index contributed by atoms with van der Waals surface area (Å²) in [7, 11) is -7.77. The van der Waals surface area contributed by atoms with E-state index in [-0.39, 0.29) is 133 Å². The number of rotatable bonds is 20. The minimum absolute atomic E-state index is 0. The first-order valence-electron chi connectivity index (χ1n) is 54.3. The van der Waals surface area contributed by atoms with Gasteiger partial charge in [-0.05, 0) is 423 Å². The number of sulfonamides is 3. The molecule has 28 heteroatoms. The molecule has 18 rings (SSSR count). The molecule has 0 aromatic heterocycles. The average Bonchev–Trinajstić information content (AvgIpc) is 1.42. The van der Waals surface area contributed by atoms with Crippen LogP contribution in [0.1, 0.15) is 302 Å². The van der Waals surface area contributed by atoms with Crippen molar-refractivity contribution < 1.29 is 96.3 Å². The van der Waals surface area contributed by atoms with Crippen LogP contribution >= 0.6 is 0 Å². The van der Waals surface area contributed by atoms with Gasteiger partial charge in [-0.1, -0.05) is 116 Å². The van der Waals surface area contributed by atoms with Gasteiger partial charge in [-0.3, -0.25) is 0 Å². The standard InChI is InChI=1S/2C36H57N3O5S.C26H43NO2.C11H16N2O2S.BH.U/c2*1-5-27-31-21-25(40)15-17-36(31,4)30-16-18-35(3)28(13-14-29(35)32(30)33(27)41)23(2)22-37-34(42)38-45(43,44)26-11-9-24(10-12-26)39-19-7-6-8-20-39;1-6-18-22-13-16(2)9-11-26(22,5)21-10-12-25(4)19(17(3)14-27-15-28)7-8-20(25)23(21)24(18)29;12-16(14,15)11-6-4-10(5-7-11)13-8-2-1-3-9-13;;/h2*9-12,23,25,27-33,40-41H,5-8,13-22H2,1-4H3,(H2,37,38,42);16-24,29H,6-14H2,1-5H3;4-7H,1-3,8-9H2,(H2,12,14,15);1H;/t2*23-,25-,27-,28-,29+,30+,31+,32+,33-,35-,36-;16-,17-,18-,19-,20+,21+,22+,23+,24-,25-,26-;;;/m111.../s1/i;;;;1D;.